The number of Topliss-reactive ketones (excluding diaryl/α,β-unsaturated/α-hetero) is 1. The van der Waals surface area contributed by atoms with Gasteiger partial charge in [0.25, 0.3) is 0 Å². The molecule has 0 unspecified atom stereocenters. The number of hydrogen-bond acceptors (Lipinski definition) is 3. The van der Waals surface area contributed by atoms with Crippen molar-refractivity contribution in [1.82, 2.24) is 9.88 Å². The minimum atomic E-state index is 0.155. The summed E-state index contributed by atoms with van der Waals surface area (Å²) in [7, 11) is 0. The van der Waals surface area contributed by atoms with Gasteiger partial charge in [-0.25, -0.2) is 0 Å². The molecule has 0 spiro atoms. The largest absolute Gasteiger partial charge is 0.293 e. The minimum absolute atomic E-state index is 0.155. The Hall–Kier alpha value is -2.00. The maximum atomic E-state index is 12.3. The molecule has 1 heterocycles. The van der Waals surface area contributed by atoms with Crippen LogP contribution >= 0.6 is 0 Å². The fourth-order valence-corrected chi connectivity index (χ4v) is 2.03. The summed E-state index contributed by atoms with van der Waals surface area (Å²) < 4.78 is 0. The second kappa shape index (κ2) is 6.96. The summed E-state index contributed by atoms with van der Waals surface area (Å²) in [6.45, 7) is 6.04. The lowest BCUT2D eigenvalue weighted by Gasteiger charge is -2.19. The van der Waals surface area contributed by atoms with Gasteiger partial charge in [0.15, 0.2) is 5.78 Å². The molecular weight excluding hydrogens is 248 g/mol. The number of benzene rings is 1. The van der Waals surface area contributed by atoms with Crippen molar-refractivity contribution in [1.29, 1.82) is 0 Å². The van der Waals surface area contributed by atoms with Crippen LogP contribution in [0.3, 0.4) is 0 Å². The summed E-state index contributed by atoms with van der Waals surface area (Å²) in [5.41, 5.74) is 2.93. The summed E-state index contributed by atoms with van der Waals surface area (Å²) in [4.78, 5) is 18.7. The normalized spacial score (nSPS) is 10.8. The molecular formula is C17H20N2O. The summed E-state index contributed by atoms with van der Waals surface area (Å²) >= 11 is 0. The van der Waals surface area contributed by atoms with Crippen LogP contribution in [0.2, 0.25) is 0 Å². The lowest BCUT2D eigenvalue weighted by Crippen LogP contribution is -2.29. The topological polar surface area (TPSA) is 33.2 Å². The van der Waals surface area contributed by atoms with Gasteiger partial charge in [0.05, 0.1) is 12.2 Å². The number of aromatic nitrogens is 1. The van der Waals surface area contributed by atoms with Gasteiger partial charge in [-0.2, -0.15) is 0 Å². The smallest absolute Gasteiger partial charge is 0.176 e. The summed E-state index contributed by atoms with van der Waals surface area (Å²) in [6, 6.07) is 13.6. The quantitative estimate of drug-likeness (QED) is 0.755. The van der Waals surface area contributed by atoms with E-state index in [9.17, 15) is 4.79 Å². The van der Waals surface area contributed by atoms with E-state index in [1.165, 1.54) is 5.56 Å². The van der Waals surface area contributed by atoms with E-state index in [4.69, 9.17) is 0 Å². The van der Waals surface area contributed by atoms with E-state index in [1.54, 1.807) is 6.20 Å². The summed E-state index contributed by atoms with van der Waals surface area (Å²) in [6.07, 6.45) is 1.78. The zero-order chi connectivity index (χ0) is 14.4. The highest BCUT2D eigenvalue weighted by Gasteiger charge is 2.12. The van der Waals surface area contributed by atoms with Gasteiger partial charge < -0.3 is 0 Å². The first kappa shape index (κ1) is 14.4. The highest BCUT2D eigenvalue weighted by Crippen LogP contribution is 2.07. The molecule has 0 saturated carbocycles. The molecule has 3 nitrogen and oxygen atoms in total. The standard InChI is InChI=1S/C17H20N2O/c1-3-19(12-16-6-4-5-11-18-16)13-17(20)15-9-7-14(2)8-10-15/h4-11H,3,12-13H2,1-2H3. The second-order valence-electron chi connectivity index (χ2n) is 4.91. The third-order valence-electron chi connectivity index (χ3n) is 3.30. The highest BCUT2D eigenvalue weighted by molar-refractivity contribution is 5.97. The van der Waals surface area contributed by atoms with Crippen LogP contribution < -0.4 is 0 Å². The van der Waals surface area contributed by atoms with Crippen LogP contribution in [-0.2, 0) is 6.54 Å². The first-order valence-corrected chi connectivity index (χ1v) is 6.91. The fraction of sp³-hybridized carbons (Fsp3) is 0.294. The highest BCUT2D eigenvalue weighted by atomic mass is 16.1. The Morgan fingerprint density at radius 2 is 1.90 bits per heavy atom. The first-order chi connectivity index (χ1) is 9.69. The molecule has 20 heavy (non-hydrogen) atoms. The van der Waals surface area contributed by atoms with Gasteiger partial charge in [0.2, 0.25) is 0 Å². The molecule has 3 heteroatoms. The van der Waals surface area contributed by atoms with Gasteiger partial charge in [0, 0.05) is 18.3 Å². The predicted molar refractivity (Wildman–Crippen MR) is 80.7 cm³/mol. The molecule has 0 radical (unpaired) electrons. The van der Waals surface area contributed by atoms with Gasteiger partial charge in [-0.3, -0.25) is 14.7 Å². The van der Waals surface area contributed by atoms with Crippen LogP contribution in [0.25, 0.3) is 0 Å². The number of nitrogens with zero attached hydrogens (tertiary/aromatic N) is 2. The SMILES string of the molecule is CCN(CC(=O)c1ccc(C)cc1)Cc1ccccn1. The van der Waals surface area contributed by atoms with Crippen LogP contribution in [-0.4, -0.2) is 28.8 Å². The lowest BCUT2D eigenvalue weighted by atomic mass is 10.1. The molecule has 0 aliphatic heterocycles. The van der Waals surface area contributed by atoms with Crippen LogP contribution in [0, 0.1) is 6.92 Å². The van der Waals surface area contributed by atoms with Crippen molar-refractivity contribution in [2.45, 2.75) is 20.4 Å². The number of carbonyl (C=O) groups is 1. The van der Waals surface area contributed by atoms with Crippen molar-refractivity contribution < 1.29 is 4.79 Å². The molecule has 1 aromatic heterocycles. The summed E-state index contributed by atoms with van der Waals surface area (Å²) in [5.74, 6) is 0.155. The second-order valence-corrected chi connectivity index (χ2v) is 4.91. The molecule has 0 N–H and O–H groups in total. The third-order valence-corrected chi connectivity index (χ3v) is 3.30. The number of pyridine rings is 1. The van der Waals surface area contributed by atoms with Crippen molar-refractivity contribution in [3.05, 3.63) is 65.5 Å². The molecule has 0 amide bonds. The Bertz CT molecular complexity index is 549. The van der Waals surface area contributed by atoms with Crippen LogP contribution in [0.5, 0.6) is 0 Å². The van der Waals surface area contributed by atoms with Crippen LogP contribution in [0.4, 0.5) is 0 Å². The Balaban J connectivity index is 1.99. The molecule has 0 atom stereocenters. The van der Waals surface area contributed by atoms with E-state index in [0.717, 1.165) is 17.8 Å². The van der Waals surface area contributed by atoms with Crippen molar-refractivity contribution in [2.75, 3.05) is 13.1 Å². The minimum Gasteiger partial charge on any atom is -0.293 e. The Morgan fingerprint density at radius 1 is 1.15 bits per heavy atom. The van der Waals surface area contributed by atoms with Gasteiger partial charge in [-0.1, -0.05) is 42.8 Å². The van der Waals surface area contributed by atoms with Crippen molar-refractivity contribution in [3.8, 4) is 0 Å². The van der Waals surface area contributed by atoms with Crippen LogP contribution in [0.15, 0.2) is 48.7 Å². The average molecular weight is 268 g/mol. The zero-order valence-corrected chi connectivity index (χ0v) is 12.0. The first-order valence-electron chi connectivity index (χ1n) is 6.91. The zero-order valence-electron chi connectivity index (χ0n) is 12.0. The van der Waals surface area contributed by atoms with Crippen molar-refractivity contribution >= 4 is 5.78 Å². The number of likely N-dealkylation sites (N-methyl/N-ethyl adjacent to an activating group) is 1. The van der Waals surface area contributed by atoms with E-state index < -0.39 is 0 Å². The molecule has 2 rings (SSSR count). The molecule has 0 aliphatic rings. The van der Waals surface area contributed by atoms with E-state index >= 15 is 0 Å². The van der Waals surface area contributed by atoms with Crippen molar-refractivity contribution in [3.63, 3.8) is 0 Å². The third kappa shape index (κ3) is 4.00. The monoisotopic (exact) mass is 268 g/mol. The van der Waals surface area contributed by atoms with Gasteiger partial charge in [0.1, 0.15) is 0 Å². The van der Waals surface area contributed by atoms with Gasteiger partial charge in [-0.15, -0.1) is 0 Å². The van der Waals surface area contributed by atoms with Gasteiger partial charge >= 0.3 is 0 Å². The number of carbonyl (C=O) groups excluding carboxylic acids is 1. The van der Waals surface area contributed by atoms with E-state index in [1.807, 2.05) is 49.4 Å². The Morgan fingerprint density at radius 3 is 2.50 bits per heavy atom. The van der Waals surface area contributed by atoms with E-state index in [0.29, 0.717) is 13.1 Å². The fourth-order valence-electron chi connectivity index (χ4n) is 2.03. The number of rotatable bonds is 6. The maximum absolute atomic E-state index is 12.3. The molecule has 2 aromatic rings. The van der Waals surface area contributed by atoms with E-state index in [2.05, 4.69) is 16.8 Å². The van der Waals surface area contributed by atoms with E-state index in [-0.39, 0.29) is 5.78 Å². The average Bonchev–Trinajstić information content (AvgIpc) is 2.48. The van der Waals surface area contributed by atoms with Gasteiger partial charge in [-0.05, 0) is 25.6 Å². The number of ketones is 1. The molecule has 0 bridgehead atoms. The lowest BCUT2D eigenvalue weighted by molar-refractivity contribution is 0.0929. The molecule has 0 saturated heterocycles. The number of hydrogen-bond donors (Lipinski definition) is 0. The maximum Gasteiger partial charge on any atom is 0.176 e. The molecule has 0 aliphatic carbocycles. The van der Waals surface area contributed by atoms with Crippen LogP contribution in [0.1, 0.15) is 28.5 Å². The predicted octanol–water partition coefficient (Wildman–Crippen LogP) is 3.09. The molecule has 0 fully saturated rings. The van der Waals surface area contributed by atoms with Crippen molar-refractivity contribution in [2.24, 2.45) is 0 Å². The molecule has 1 aromatic carbocycles. The number of aryl methyl sites for hydroxylation is 1. The Labute approximate surface area is 120 Å². The Kier molecular flexibility index (Phi) is 5.02. The molecule has 104 valence electrons. The summed E-state index contributed by atoms with van der Waals surface area (Å²) in [5, 5.41) is 0.